The zero-order valence-electron chi connectivity index (χ0n) is 23.0. The fraction of sp³-hybridized carbons (Fsp3) is 0.455. The molecule has 1 saturated heterocycles. The minimum Gasteiger partial charge on any atom is -0.485 e. The molecule has 2 aliphatic heterocycles. The molecule has 0 amide bonds. The van der Waals surface area contributed by atoms with Crippen LogP contribution in [0.25, 0.3) is 0 Å². The van der Waals surface area contributed by atoms with Gasteiger partial charge in [-0.25, -0.2) is 0 Å². The van der Waals surface area contributed by atoms with Gasteiger partial charge in [-0.3, -0.25) is 4.90 Å². The van der Waals surface area contributed by atoms with E-state index in [1.165, 1.54) is 40.7 Å². The SMILES string of the molecule is Cc1c(C)c2c(c(C)c1N)CC(C)(CN(CC1CCNCC1)CC(c1ccccc1)c1ccccc1)O2. The fourth-order valence-electron chi connectivity index (χ4n) is 6.45. The molecule has 1 atom stereocenters. The van der Waals surface area contributed by atoms with Gasteiger partial charge in [0.15, 0.2) is 0 Å². The van der Waals surface area contributed by atoms with Gasteiger partial charge in [0.25, 0.3) is 0 Å². The smallest absolute Gasteiger partial charge is 0.127 e. The summed E-state index contributed by atoms with van der Waals surface area (Å²) in [5.74, 6) is 2.09. The Balaban J connectivity index is 1.45. The predicted molar refractivity (Wildman–Crippen MR) is 155 cm³/mol. The van der Waals surface area contributed by atoms with Crippen LogP contribution in [0, 0.1) is 26.7 Å². The van der Waals surface area contributed by atoms with Crippen molar-refractivity contribution in [2.75, 3.05) is 38.5 Å². The van der Waals surface area contributed by atoms with Crippen molar-refractivity contribution in [3.8, 4) is 5.75 Å². The van der Waals surface area contributed by atoms with E-state index in [4.69, 9.17) is 10.5 Å². The number of ether oxygens (including phenoxy) is 1. The molecule has 0 spiro atoms. The second-order valence-corrected chi connectivity index (χ2v) is 11.6. The molecule has 5 rings (SSSR count). The first-order valence-corrected chi connectivity index (χ1v) is 13.9. The lowest BCUT2D eigenvalue weighted by atomic mass is 9.88. The monoisotopic (exact) mass is 497 g/mol. The van der Waals surface area contributed by atoms with Crippen LogP contribution in [0.4, 0.5) is 5.69 Å². The van der Waals surface area contributed by atoms with Crippen molar-refractivity contribution >= 4 is 5.69 Å². The largest absolute Gasteiger partial charge is 0.485 e. The van der Waals surface area contributed by atoms with Crippen LogP contribution in [0.2, 0.25) is 0 Å². The number of anilines is 1. The molecule has 2 heterocycles. The third-order valence-electron chi connectivity index (χ3n) is 8.71. The molecule has 0 aromatic heterocycles. The van der Waals surface area contributed by atoms with Gasteiger partial charge in [-0.15, -0.1) is 0 Å². The van der Waals surface area contributed by atoms with E-state index in [0.717, 1.165) is 56.1 Å². The summed E-state index contributed by atoms with van der Waals surface area (Å²) in [6.45, 7) is 14.0. The van der Waals surface area contributed by atoms with E-state index >= 15 is 0 Å². The molecule has 0 bridgehead atoms. The summed E-state index contributed by atoms with van der Waals surface area (Å²) in [5.41, 5.74) is 14.7. The number of nitrogens with zero attached hydrogens (tertiary/aromatic N) is 1. The number of rotatable bonds is 8. The van der Waals surface area contributed by atoms with Crippen molar-refractivity contribution in [3.05, 3.63) is 94.0 Å². The van der Waals surface area contributed by atoms with Crippen molar-refractivity contribution in [2.24, 2.45) is 5.92 Å². The maximum Gasteiger partial charge on any atom is 0.127 e. The van der Waals surface area contributed by atoms with Crippen molar-refractivity contribution in [3.63, 3.8) is 0 Å². The lowest BCUT2D eigenvalue weighted by Crippen LogP contribution is -2.48. The van der Waals surface area contributed by atoms with Gasteiger partial charge in [0.2, 0.25) is 0 Å². The van der Waals surface area contributed by atoms with Gasteiger partial charge in [0.05, 0.1) is 0 Å². The molecule has 3 aromatic rings. The quantitative estimate of drug-likeness (QED) is 0.374. The van der Waals surface area contributed by atoms with Gasteiger partial charge >= 0.3 is 0 Å². The Bertz CT molecular complexity index is 1120. The third-order valence-corrected chi connectivity index (χ3v) is 8.71. The molecule has 3 N–H and O–H groups in total. The van der Waals surface area contributed by atoms with Crippen molar-refractivity contribution in [2.45, 2.75) is 58.5 Å². The van der Waals surface area contributed by atoms with Crippen LogP contribution in [0.15, 0.2) is 60.7 Å². The normalized spacial score (nSPS) is 19.8. The standard InChI is InChI=1S/C33H43N3O/c1-23-24(2)32-29(25(3)31(23)34)19-33(4,37-32)22-36(20-26-15-17-35-18-16-26)21-30(27-11-7-5-8-12-27)28-13-9-6-10-14-28/h5-14,26,30,35H,15-22,34H2,1-4H3. The molecule has 196 valence electrons. The molecule has 0 radical (unpaired) electrons. The number of nitrogens with two attached hydrogens (primary N) is 1. The second-order valence-electron chi connectivity index (χ2n) is 11.6. The maximum atomic E-state index is 6.84. The molecular formula is C33H43N3O. The van der Waals surface area contributed by atoms with E-state index in [-0.39, 0.29) is 5.60 Å². The van der Waals surface area contributed by atoms with E-state index in [1.807, 2.05) is 0 Å². The van der Waals surface area contributed by atoms with Crippen LogP contribution >= 0.6 is 0 Å². The molecule has 1 unspecified atom stereocenters. The molecule has 4 nitrogen and oxygen atoms in total. The number of nitrogens with one attached hydrogen (secondary N) is 1. The predicted octanol–water partition coefficient (Wildman–Crippen LogP) is 6.02. The summed E-state index contributed by atoms with van der Waals surface area (Å²) < 4.78 is 6.84. The number of hydrogen-bond donors (Lipinski definition) is 2. The summed E-state index contributed by atoms with van der Waals surface area (Å²) in [6.07, 6.45) is 3.39. The Labute approximate surface area is 223 Å². The van der Waals surface area contributed by atoms with Crippen LogP contribution in [0.5, 0.6) is 5.75 Å². The number of hydrogen-bond acceptors (Lipinski definition) is 4. The summed E-state index contributed by atoms with van der Waals surface area (Å²) in [5, 5.41) is 3.54. The summed E-state index contributed by atoms with van der Waals surface area (Å²) >= 11 is 0. The highest BCUT2D eigenvalue weighted by Gasteiger charge is 2.40. The van der Waals surface area contributed by atoms with Gasteiger partial charge in [-0.1, -0.05) is 60.7 Å². The average molecular weight is 498 g/mol. The zero-order valence-corrected chi connectivity index (χ0v) is 23.0. The van der Waals surface area contributed by atoms with Gasteiger partial charge in [0.1, 0.15) is 11.4 Å². The number of fused-ring (bicyclic) bond motifs is 1. The van der Waals surface area contributed by atoms with E-state index in [1.54, 1.807) is 0 Å². The first-order chi connectivity index (χ1) is 17.8. The summed E-state index contributed by atoms with van der Waals surface area (Å²) in [6, 6.07) is 22.0. The molecule has 4 heteroatoms. The Morgan fingerprint density at radius 1 is 0.919 bits per heavy atom. The van der Waals surface area contributed by atoms with E-state index < -0.39 is 0 Å². The molecular weight excluding hydrogens is 454 g/mol. The van der Waals surface area contributed by atoms with Crippen LogP contribution in [0.1, 0.15) is 59.1 Å². The Kier molecular flexibility index (Phi) is 7.60. The lowest BCUT2D eigenvalue weighted by Gasteiger charge is -2.37. The lowest BCUT2D eigenvalue weighted by molar-refractivity contribution is 0.0521. The van der Waals surface area contributed by atoms with Crippen molar-refractivity contribution < 1.29 is 4.74 Å². The first-order valence-electron chi connectivity index (χ1n) is 13.9. The minimum atomic E-state index is -0.275. The Morgan fingerprint density at radius 3 is 2.11 bits per heavy atom. The maximum absolute atomic E-state index is 6.84. The second kappa shape index (κ2) is 10.9. The molecule has 37 heavy (non-hydrogen) atoms. The minimum absolute atomic E-state index is 0.275. The van der Waals surface area contributed by atoms with Gasteiger partial charge in [-0.05, 0) is 87.4 Å². The molecule has 0 saturated carbocycles. The third kappa shape index (κ3) is 5.56. The van der Waals surface area contributed by atoms with Crippen LogP contribution in [-0.2, 0) is 6.42 Å². The molecule has 2 aliphatic rings. The highest BCUT2D eigenvalue weighted by atomic mass is 16.5. The van der Waals surface area contributed by atoms with Crippen LogP contribution in [-0.4, -0.2) is 43.2 Å². The van der Waals surface area contributed by atoms with Crippen molar-refractivity contribution in [1.82, 2.24) is 10.2 Å². The average Bonchev–Trinajstić information content (AvgIpc) is 3.28. The Morgan fingerprint density at radius 2 is 1.51 bits per heavy atom. The van der Waals surface area contributed by atoms with Gasteiger partial charge in [0, 0.05) is 43.2 Å². The van der Waals surface area contributed by atoms with Crippen LogP contribution in [0.3, 0.4) is 0 Å². The number of nitrogen functional groups attached to an aromatic ring is 1. The Hall–Kier alpha value is -2.82. The van der Waals surface area contributed by atoms with Crippen molar-refractivity contribution in [1.29, 1.82) is 0 Å². The van der Waals surface area contributed by atoms with Gasteiger partial charge in [-0.2, -0.15) is 0 Å². The van der Waals surface area contributed by atoms with Crippen LogP contribution < -0.4 is 15.8 Å². The molecule has 1 fully saturated rings. The fourth-order valence-corrected chi connectivity index (χ4v) is 6.45. The number of piperidine rings is 1. The van der Waals surface area contributed by atoms with Gasteiger partial charge < -0.3 is 15.8 Å². The number of benzene rings is 3. The highest BCUT2D eigenvalue weighted by Crippen LogP contribution is 2.44. The molecule has 3 aromatic carbocycles. The first kappa shape index (κ1) is 25.8. The topological polar surface area (TPSA) is 50.5 Å². The zero-order chi connectivity index (χ0) is 26.0. The molecule has 0 aliphatic carbocycles. The highest BCUT2D eigenvalue weighted by molar-refractivity contribution is 5.66. The summed E-state index contributed by atoms with van der Waals surface area (Å²) in [7, 11) is 0. The van der Waals surface area contributed by atoms with E-state index in [0.29, 0.717) is 11.8 Å². The van der Waals surface area contributed by atoms with E-state index in [9.17, 15) is 0 Å². The van der Waals surface area contributed by atoms with E-state index in [2.05, 4.69) is 98.6 Å². The summed E-state index contributed by atoms with van der Waals surface area (Å²) in [4.78, 5) is 2.70.